The molecule has 0 aliphatic rings. The van der Waals surface area contributed by atoms with Crippen LogP contribution in [0.2, 0.25) is 0 Å². The molecule has 0 unspecified atom stereocenters. The van der Waals surface area contributed by atoms with Crippen molar-refractivity contribution in [1.29, 1.82) is 0 Å². The zero-order valence-corrected chi connectivity index (χ0v) is 7.25. The van der Waals surface area contributed by atoms with E-state index in [1.54, 1.807) is 0 Å². The van der Waals surface area contributed by atoms with Gasteiger partial charge in [0.1, 0.15) is 5.69 Å². The fourth-order valence-electron chi connectivity index (χ4n) is 0.651. The lowest BCUT2D eigenvalue weighted by Gasteiger charge is -1.97. The van der Waals surface area contributed by atoms with Crippen LogP contribution in [0.4, 0.5) is 0 Å². The van der Waals surface area contributed by atoms with Crippen LogP contribution in [-0.4, -0.2) is 21.2 Å². The van der Waals surface area contributed by atoms with Crippen molar-refractivity contribution >= 4 is 21.9 Å². The number of hydrogen-bond acceptors (Lipinski definition) is 3. The Hall–Kier alpha value is -1.30. The van der Waals surface area contributed by atoms with E-state index in [9.17, 15) is 9.59 Å². The average molecular weight is 234 g/mol. The number of hydrogen-bond donors (Lipinski definition) is 3. The molecule has 64 valence electrons. The van der Waals surface area contributed by atoms with Gasteiger partial charge in [0.15, 0.2) is 5.75 Å². The molecule has 1 rings (SSSR count). The number of halogens is 1. The number of carboxylic acid groups (broad SMARTS) is 1. The average Bonchev–Trinajstić information content (AvgIpc) is 2.00. The maximum atomic E-state index is 10.9. The molecule has 0 aliphatic carbocycles. The van der Waals surface area contributed by atoms with E-state index in [0.717, 1.165) is 6.20 Å². The molecule has 1 aromatic heterocycles. The first-order valence-corrected chi connectivity index (χ1v) is 3.66. The van der Waals surface area contributed by atoms with Gasteiger partial charge in [-0.25, -0.2) is 4.79 Å². The van der Waals surface area contributed by atoms with Crippen LogP contribution in [0, 0.1) is 0 Å². The van der Waals surface area contributed by atoms with Gasteiger partial charge in [-0.3, -0.25) is 4.79 Å². The van der Waals surface area contributed by atoms with Crippen molar-refractivity contribution in [2.45, 2.75) is 0 Å². The number of nitrogens with one attached hydrogen (secondary N) is 1. The Morgan fingerprint density at radius 2 is 2.17 bits per heavy atom. The standard InChI is InChI=1S/C6H4BrNO4/c7-3-4(6(11)12)8-1-2(9)5(3)10/h1,9H,(H,8,10)(H,11,12). The van der Waals surface area contributed by atoms with E-state index >= 15 is 0 Å². The molecule has 5 nitrogen and oxygen atoms in total. The van der Waals surface area contributed by atoms with Gasteiger partial charge in [0, 0.05) is 6.20 Å². The number of aromatic nitrogens is 1. The van der Waals surface area contributed by atoms with Crippen LogP contribution in [-0.2, 0) is 0 Å². The maximum absolute atomic E-state index is 10.9. The molecular formula is C6H4BrNO4. The molecule has 0 aromatic carbocycles. The first-order valence-electron chi connectivity index (χ1n) is 2.87. The Labute approximate surface area is 74.8 Å². The Morgan fingerprint density at radius 3 is 2.67 bits per heavy atom. The third kappa shape index (κ3) is 1.33. The minimum atomic E-state index is -1.26. The molecular weight excluding hydrogens is 230 g/mol. The van der Waals surface area contributed by atoms with E-state index in [2.05, 4.69) is 20.9 Å². The molecule has 0 saturated carbocycles. The molecule has 0 atom stereocenters. The zero-order chi connectivity index (χ0) is 9.30. The highest BCUT2D eigenvalue weighted by Crippen LogP contribution is 2.12. The molecule has 0 fully saturated rings. The molecule has 0 radical (unpaired) electrons. The summed E-state index contributed by atoms with van der Waals surface area (Å²) in [5.41, 5.74) is -1.02. The summed E-state index contributed by atoms with van der Waals surface area (Å²) in [7, 11) is 0. The van der Waals surface area contributed by atoms with Crippen molar-refractivity contribution in [3.05, 3.63) is 26.6 Å². The molecule has 0 amide bonds. The monoisotopic (exact) mass is 233 g/mol. The van der Waals surface area contributed by atoms with E-state index in [1.165, 1.54) is 0 Å². The Balaban J connectivity index is 3.47. The fourth-order valence-corrected chi connectivity index (χ4v) is 1.14. The molecule has 0 saturated heterocycles. The smallest absolute Gasteiger partial charge is 0.353 e. The summed E-state index contributed by atoms with van der Waals surface area (Å²) in [5.74, 6) is -1.79. The van der Waals surface area contributed by atoms with Crippen molar-refractivity contribution in [1.82, 2.24) is 4.98 Å². The van der Waals surface area contributed by atoms with Gasteiger partial charge in [0.2, 0.25) is 5.43 Å². The van der Waals surface area contributed by atoms with Gasteiger partial charge in [-0.05, 0) is 15.9 Å². The number of pyridine rings is 1. The third-order valence-electron chi connectivity index (χ3n) is 1.22. The second-order valence-corrected chi connectivity index (χ2v) is 2.79. The number of rotatable bonds is 1. The van der Waals surface area contributed by atoms with Gasteiger partial charge in [0.25, 0.3) is 0 Å². The lowest BCUT2D eigenvalue weighted by Crippen LogP contribution is -2.11. The summed E-state index contributed by atoms with van der Waals surface area (Å²) in [6.07, 6.45) is 0.927. The number of aromatic carboxylic acids is 1. The summed E-state index contributed by atoms with van der Waals surface area (Å²) in [5, 5.41) is 17.3. The normalized spacial score (nSPS) is 9.75. The SMILES string of the molecule is O=C(O)c1[nH]cc(O)c(=O)c1Br. The highest BCUT2D eigenvalue weighted by Gasteiger charge is 2.13. The molecule has 0 spiro atoms. The van der Waals surface area contributed by atoms with Crippen molar-refractivity contribution in [2.24, 2.45) is 0 Å². The number of carboxylic acids is 1. The molecule has 0 aliphatic heterocycles. The van der Waals surface area contributed by atoms with Gasteiger partial charge in [-0.15, -0.1) is 0 Å². The van der Waals surface area contributed by atoms with Gasteiger partial charge in [0.05, 0.1) is 4.47 Å². The summed E-state index contributed by atoms with van der Waals surface area (Å²) >= 11 is 2.75. The van der Waals surface area contributed by atoms with Crippen molar-refractivity contribution in [3.8, 4) is 5.75 Å². The van der Waals surface area contributed by atoms with Crippen LogP contribution in [0.3, 0.4) is 0 Å². The first kappa shape index (κ1) is 8.79. The van der Waals surface area contributed by atoms with E-state index < -0.39 is 17.1 Å². The third-order valence-corrected chi connectivity index (χ3v) is 1.98. The van der Waals surface area contributed by atoms with Gasteiger partial charge < -0.3 is 15.2 Å². The van der Waals surface area contributed by atoms with E-state index in [-0.39, 0.29) is 10.2 Å². The molecule has 1 heterocycles. The maximum Gasteiger partial charge on any atom is 0.353 e. The lowest BCUT2D eigenvalue weighted by molar-refractivity contribution is 0.0689. The summed E-state index contributed by atoms with van der Waals surface area (Å²) < 4.78 is -0.185. The Kier molecular flexibility index (Phi) is 2.18. The minimum Gasteiger partial charge on any atom is -0.503 e. The largest absolute Gasteiger partial charge is 0.503 e. The Bertz CT molecular complexity index is 384. The van der Waals surface area contributed by atoms with Crippen molar-refractivity contribution < 1.29 is 15.0 Å². The van der Waals surface area contributed by atoms with Gasteiger partial charge in [-0.1, -0.05) is 0 Å². The highest BCUT2D eigenvalue weighted by atomic mass is 79.9. The van der Waals surface area contributed by atoms with Crippen LogP contribution in [0.5, 0.6) is 5.75 Å². The number of carbonyl (C=O) groups is 1. The summed E-state index contributed by atoms with van der Waals surface area (Å²) in [6.45, 7) is 0. The summed E-state index contributed by atoms with van der Waals surface area (Å²) in [4.78, 5) is 23.6. The second kappa shape index (κ2) is 2.98. The van der Waals surface area contributed by atoms with E-state index in [4.69, 9.17) is 10.2 Å². The van der Waals surface area contributed by atoms with E-state index in [1.807, 2.05) is 0 Å². The molecule has 1 aromatic rings. The summed E-state index contributed by atoms with van der Waals surface area (Å²) in [6, 6.07) is 0. The number of aromatic hydroxyl groups is 1. The van der Waals surface area contributed by atoms with Crippen LogP contribution in [0.1, 0.15) is 10.5 Å². The molecule has 0 bridgehead atoms. The highest BCUT2D eigenvalue weighted by molar-refractivity contribution is 9.10. The van der Waals surface area contributed by atoms with Crippen LogP contribution in [0.15, 0.2) is 15.5 Å². The van der Waals surface area contributed by atoms with Crippen molar-refractivity contribution in [2.75, 3.05) is 0 Å². The molecule has 6 heteroatoms. The van der Waals surface area contributed by atoms with Crippen LogP contribution >= 0.6 is 15.9 Å². The number of aromatic amines is 1. The van der Waals surface area contributed by atoms with Crippen LogP contribution in [0.25, 0.3) is 0 Å². The minimum absolute atomic E-state index is 0.185. The Morgan fingerprint density at radius 1 is 1.58 bits per heavy atom. The van der Waals surface area contributed by atoms with Gasteiger partial charge >= 0.3 is 5.97 Å². The molecule has 3 N–H and O–H groups in total. The quantitative estimate of drug-likeness (QED) is 0.661. The number of H-pyrrole nitrogens is 1. The predicted molar refractivity (Wildman–Crippen MR) is 43.4 cm³/mol. The fraction of sp³-hybridized carbons (Fsp3) is 0. The first-order chi connectivity index (χ1) is 5.54. The predicted octanol–water partition coefficient (Wildman–Crippen LogP) is 0.541. The second-order valence-electron chi connectivity index (χ2n) is 2.00. The van der Waals surface area contributed by atoms with Crippen molar-refractivity contribution in [3.63, 3.8) is 0 Å². The zero-order valence-electron chi connectivity index (χ0n) is 5.67. The molecule has 12 heavy (non-hydrogen) atoms. The lowest BCUT2D eigenvalue weighted by atomic mass is 10.3. The van der Waals surface area contributed by atoms with Gasteiger partial charge in [-0.2, -0.15) is 0 Å². The van der Waals surface area contributed by atoms with Crippen LogP contribution < -0.4 is 5.43 Å². The topological polar surface area (TPSA) is 90.4 Å². The van der Waals surface area contributed by atoms with E-state index in [0.29, 0.717) is 0 Å².